The molecule has 1 aromatic carbocycles. The number of hydrogen-bond donors (Lipinski definition) is 0. The maximum Gasteiger partial charge on any atom is 0.243 e. The van der Waals surface area contributed by atoms with E-state index in [2.05, 4.69) is 0 Å². The summed E-state index contributed by atoms with van der Waals surface area (Å²) in [6.07, 6.45) is 2.89. The standard InChI is InChI=1S/C17H26O4/c1-16(2,3)20-18-15(19-21-17(4,5)6)13-12-14-10-8-7-9-11-14/h7-13,15H,1-6H3/b13-12-. The van der Waals surface area contributed by atoms with Crippen molar-refractivity contribution in [3.63, 3.8) is 0 Å². The first-order valence-corrected chi connectivity index (χ1v) is 7.08. The maximum atomic E-state index is 5.29. The lowest BCUT2D eigenvalue weighted by Gasteiger charge is -2.24. The van der Waals surface area contributed by atoms with Crippen LogP contribution in [0.5, 0.6) is 0 Å². The summed E-state index contributed by atoms with van der Waals surface area (Å²) in [5.41, 5.74) is 0.189. The van der Waals surface area contributed by atoms with Gasteiger partial charge < -0.3 is 0 Å². The van der Waals surface area contributed by atoms with Gasteiger partial charge in [0.05, 0.1) is 11.2 Å². The van der Waals surface area contributed by atoms with Gasteiger partial charge in [0.2, 0.25) is 6.29 Å². The second-order valence-electron chi connectivity index (χ2n) is 6.72. The molecule has 0 unspecified atom stereocenters. The summed E-state index contributed by atoms with van der Waals surface area (Å²) >= 11 is 0. The van der Waals surface area contributed by atoms with Crippen molar-refractivity contribution in [2.24, 2.45) is 0 Å². The molecule has 0 heterocycles. The fourth-order valence-corrected chi connectivity index (χ4v) is 1.22. The van der Waals surface area contributed by atoms with Gasteiger partial charge >= 0.3 is 0 Å². The minimum Gasteiger partial charge on any atom is -0.228 e. The molecule has 4 heteroatoms. The smallest absolute Gasteiger partial charge is 0.228 e. The van der Waals surface area contributed by atoms with Gasteiger partial charge in [0, 0.05) is 0 Å². The molecular formula is C17H26O4. The van der Waals surface area contributed by atoms with Crippen molar-refractivity contribution >= 4 is 6.08 Å². The van der Waals surface area contributed by atoms with Crippen LogP contribution in [0.4, 0.5) is 0 Å². The fraction of sp³-hybridized carbons (Fsp3) is 0.529. The quantitative estimate of drug-likeness (QED) is 0.439. The van der Waals surface area contributed by atoms with E-state index in [1.165, 1.54) is 0 Å². The molecule has 0 saturated heterocycles. The average Bonchev–Trinajstić information content (AvgIpc) is 2.36. The Morgan fingerprint density at radius 1 is 0.810 bits per heavy atom. The molecule has 1 aromatic rings. The summed E-state index contributed by atoms with van der Waals surface area (Å²) in [4.78, 5) is 21.2. The molecule has 4 nitrogen and oxygen atoms in total. The normalized spacial score (nSPS) is 13.3. The highest BCUT2D eigenvalue weighted by molar-refractivity contribution is 5.48. The monoisotopic (exact) mass is 294 g/mol. The topological polar surface area (TPSA) is 36.9 Å². The van der Waals surface area contributed by atoms with Gasteiger partial charge in [-0.1, -0.05) is 36.4 Å². The number of benzene rings is 1. The molecule has 1 rings (SSSR count). The lowest BCUT2D eigenvalue weighted by molar-refractivity contribution is -0.484. The lowest BCUT2D eigenvalue weighted by Crippen LogP contribution is -2.28. The van der Waals surface area contributed by atoms with Crippen molar-refractivity contribution < 1.29 is 19.6 Å². The van der Waals surface area contributed by atoms with E-state index < -0.39 is 17.5 Å². The Bertz CT molecular complexity index is 408. The van der Waals surface area contributed by atoms with Crippen LogP contribution in [0.2, 0.25) is 0 Å². The van der Waals surface area contributed by atoms with E-state index in [4.69, 9.17) is 19.6 Å². The third-order valence-electron chi connectivity index (χ3n) is 2.03. The Labute approximate surface area is 127 Å². The van der Waals surface area contributed by atoms with E-state index in [0.29, 0.717) is 0 Å². The maximum absolute atomic E-state index is 5.29. The second-order valence-corrected chi connectivity index (χ2v) is 6.72. The van der Waals surface area contributed by atoms with Gasteiger partial charge in [0.15, 0.2) is 0 Å². The largest absolute Gasteiger partial charge is 0.243 e. The predicted molar refractivity (Wildman–Crippen MR) is 83.1 cm³/mol. The zero-order chi connectivity index (χ0) is 15.9. The van der Waals surface area contributed by atoms with Gasteiger partial charge in [-0.2, -0.15) is 9.78 Å². The molecule has 0 radical (unpaired) electrons. The molecular weight excluding hydrogens is 268 g/mol. The highest BCUT2D eigenvalue weighted by Gasteiger charge is 2.19. The molecule has 0 amide bonds. The SMILES string of the molecule is CC(C)(C)OOC(/C=C\c1ccccc1)OOC(C)(C)C. The number of hydrogen-bond acceptors (Lipinski definition) is 4. The first kappa shape index (κ1) is 17.9. The summed E-state index contributed by atoms with van der Waals surface area (Å²) in [5.74, 6) is 0. The molecule has 0 aliphatic rings. The van der Waals surface area contributed by atoms with Crippen molar-refractivity contribution in [3.05, 3.63) is 42.0 Å². The summed E-state index contributed by atoms with van der Waals surface area (Å²) < 4.78 is 0. The molecule has 0 N–H and O–H groups in total. The zero-order valence-electron chi connectivity index (χ0n) is 13.8. The van der Waals surface area contributed by atoms with Gasteiger partial charge in [-0.05, 0) is 53.2 Å². The Morgan fingerprint density at radius 2 is 1.29 bits per heavy atom. The van der Waals surface area contributed by atoms with Crippen LogP contribution in [-0.4, -0.2) is 17.5 Å². The molecule has 0 bridgehead atoms. The first-order valence-electron chi connectivity index (χ1n) is 7.08. The molecule has 118 valence electrons. The van der Waals surface area contributed by atoms with E-state index in [1.807, 2.05) is 78.0 Å². The summed E-state index contributed by atoms with van der Waals surface area (Å²) in [7, 11) is 0. The van der Waals surface area contributed by atoms with Crippen molar-refractivity contribution in [1.82, 2.24) is 0 Å². The second kappa shape index (κ2) is 7.71. The molecule has 0 aromatic heterocycles. The Morgan fingerprint density at radius 3 is 1.71 bits per heavy atom. The average molecular weight is 294 g/mol. The van der Waals surface area contributed by atoms with E-state index >= 15 is 0 Å². The fourth-order valence-electron chi connectivity index (χ4n) is 1.22. The highest BCUT2D eigenvalue weighted by atomic mass is 17.3. The minimum absolute atomic E-state index is 0.427. The predicted octanol–water partition coefficient (Wildman–Crippen LogP) is 4.52. The lowest BCUT2D eigenvalue weighted by atomic mass is 10.2. The zero-order valence-corrected chi connectivity index (χ0v) is 13.8. The summed E-state index contributed by atoms with van der Waals surface area (Å²) in [6, 6.07) is 9.88. The molecule has 0 aliphatic heterocycles. The number of rotatable bonds is 6. The minimum atomic E-state index is -0.747. The van der Waals surface area contributed by atoms with Crippen LogP contribution < -0.4 is 0 Å². The third kappa shape index (κ3) is 9.37. The van der Waals surface area contributed by atoms with Crippen molar-refractivity contribution in [1.29, 1.82) is 0 Å². The Balaban J connectivity index is 2.64. The Kier molecular flexibility index (Phi) is 6.55. The Hall–Kier alpha value is -1.20. The first-order chi connectivity index (χ1) is 9.66. The van der Waals surface area contributed by atoms with Crippen LogP contribution in [0, 0.1) is 0 Å². The van der Waals surface area contributed by atoms with Crippen LogP contribution >= 0.6 is 0 Å². The molecule has 0 aliphatic carbocycles. The van der Waals surface area contributed by atoms with Crippen molar-refractivity contribution in [3.8, 4) is 0 Å². The highest BCUT2D eigenvalue weighted by Crippen LogP contribution is 2.15. The van der Waals surface area contributed by atoms with E-state index in [-0.39, 0.29) is 0 Å². The van der Waals surface area contributed by atoms with Crippen LogP contribution in [0.3, 0.4) is 0 Å². The van der Waals surface area contributed by atoms with Gasteiger partial charge in [-0.15, -0.1) is 0 Å². The van der Waals surface area contributed by atoms with Crippen LogP contribution in [-0.2, 0) is 19.6 Å². The third-order valence-corrected chi connectivity index (χ3v) is 2.03. The summed E-state index contributed by atoms with van der Waals surface area (Å²) in [6.45, 7) is 11.4. The van der Waals surface area contributed by atoms with Gasteiger partial charge in [-0.25, -0.2) is 9.78 Å². The van der Waals surface area contributed by atoms with Gasteiger partial charge in [0.25, 0.3) is 0 Å². The molecule has 0 fully saturated rings. The molecule has 0 spiro atoms. The van der Waals surface area contributed by atoms with E-state index in [9.17, 15) is 0 Å². The van der Waals surface area contributed by atoms with E-state index in [0.717, 1.165) is 5.56 Å². The van der Waals surface area contributed by atoms with Crippen LogP contribution in [0.15, 0.2) is 36.4 Å². The van der Waals surface area contributed by atoms with Crippen LogP contribution in [0.1, 0.15) is 47.1 Å². The van der Waals surface area contributed by atoms with Gasteiger partial charge in [0.1, 0.15) is 0 Å². The molecule has 0 atom stereocenters. The van der Waals surface area contributed by atoms with Crippen molar-refractivity contribution in [2.75, 3.05) is 0 Å². The summed E-state index contributed by atoms with van der Waals surface area (Å²) in [5, 5.41) is 0. The van der Waals surface area contributed by atoms with E-state index in [1.54, 1.807) is 6.08 Å². The van der Waals surface area contributed by atoms with Crippen molar-refractivity contribution in [2.45, 2.75) is 59.0 Å². The molecule has 21 heavy (non-hydrogen) atoms. The van der Waals surface area contributed by atoms with Gasteiger partial charge in [-0.3, -0.25) is 0 Å². The van der Waals surface area contributed by atoms with Crippen LogP contribution in [0.25, 0.3) is 6.08 Å². The molecule has 0 saturated carbocycles.